The number of phenols is 2. The number of unbranched alkanes of at least 4 members (excludes halogenated alkanes) is 3. The van der Waals surface area contributed by atoms with Crippen LogP contribution >= 0.6 is 24.8 Å². The van der Waals surface area contributed by atoms with Crippen LogP contribution in [0.2, 0.25) is 0 Å². The summed E-state index contributed by atoms with van der Waals surface area (Å²) in [5.74, 6) is -1.30. The van der Waals surface area contributed by atoms with Gasteiger partial charge in [-0.15, -0.1) is 24.8 Å². The molecule has 0 amide bonds. The van der Waals surface area contributed by atoms with E-state index in [-0.39, 0.29) is 36.9 Å². The van der Waals surface area contributed by atoms with E-state index in [1.54, 1.807) is 0 Å². The highest BCUT2D eigenvalue weighted by Crippen LogP contribution is 2.24. The van der Waals surface area contributed by atoms with E-state index in [9.17, 15) is 10.2 Å². The summed E-state index contributed by atoms with van der Waals surface area (Å²) in [5, 5.41) is 25.9. The third-order valence-electron chi connectivity index (χ3n) is 4.27. The first-order valence-corrected chi connectivity index (χ1v) is 9.48. The Morgan fingerprint density at radius 1 is 0.679 bits per heavy atom. The highest BCUT2D eigenvalue weighted by Gasteiger charge is 2.00. The lowest BCUT2D eigenvalue weighted by molar-refractivity contribution is 0.403. The lowest BCUT2D eigenvalue weighted by atomic mass is 10.1. The van der Waals surface area contributed by atoms with E-state index in [1.807, 2.05) is 6.07 Å². The Labute approximate surface area is 185 Å². The van der Waals surface area contributed by atoms with Crippen molar-refractivity contribution in [3.63, 3.8) is 0 Å². The maximum absolute atomic E-state index is 9.66. The Hall–Kier alpha value is -1.46. The van der Waals surface area contributed by atoms with Gasteiger partial charge < -0.3 is 20.8 Å². The number of aromatic hydroxyl groups is 2. The maximum atomic E-state index is 9.66. The second-order valence-electron chi connectivity index (χ2n) is 6.45. The molecule has 0 aliphatic rings. The summed E-state index contributed by atoms with van der Waals surface area (Å²) in [6, 6.07) is 9.62. The average Bonchev–Trinajstić information content (AvgIpc) is 2.74. The Morgan fingerprint density at radius 2 is 1.25 bits per heavy atom. The van der Waals surface area contributed by atoms with Gasteiger partial charge in [0.15, 0.2) is 11.5 Å². The summed E-state index contributed by atoms with van der Waals surface area (Å²) in [7, 11) is 0. The molecule has 0 aromatic heterocycles. The van der Waals surface area contributed by atoms with Crippen LogP contribution in [-0.4, -0.2) is 36.4 Å². The van der Waals surface area contributed by atoms with Crippen LogP contribution in [0.4, 0.5) is 0 Å². The first-order chi connectivity index (χ1) is 14.0. The molecule has 158 valence electrons. The molecule has 0 heterocycles. The minimum atomic E-state index is -0.689. The molecule has 6 heteroatoms. The van der Waals surface area contributed by atoms with Crippen LogP contribution in [0.3, 0.4) is 0 Å². The van der Waals surface area contributed by atoms with Crippen molar-refractivity contribution in [3.05, 3.63) is 59.6 Å². The third-order valence-corrected chi connectivity index (χ3v) is 4.27. The Kier molecular flexibility index (Phi) is 12.5. The van der Waals surface area contributed by atoms with Gasteiger partial charge in [0.05, 0.1) is 4.11 Å². The molecule has 0 aliphatic carbocycles. The van der Waals surface area contributed by atoms with Crippen molar-refractivity contribution < 1.29 is 14.3 Å². The molecule has 2 aromatic carbocycles. The standard InChI is InChI=1S/C22H32N2O2.2ClH/c25-21-11-10-20(18-22(21)26)13-17-24-15-7-2-1-6-14-23-16-12-19-8-4-3-5-9-19;;/h3-5,8-11,18,23-26H,1-2,6-7,12-17H2;2*1H/i10D,11D,18D;;. The van der Waals surface area contributed by atoms with Crippen LogP contribution in [0.15, 0.2) is 48.5 Å². The van der Waals surface area contributed by atoms with Crippen LogP contribution in [0, 0.1) is 0 Å². The van der Waals surface area contributed by atoms with Gasteiger partial charge in [-0.1, -0.05) is 49.2 Å². The Bertz CT molecular complexity index is 739. The van der Waals surface area contributed by atoms with Crippen molar-refractivity contribution >= 4 is 24.8 Å². The van der Waals surface area contributed by atoms with Crippen LogP contribution in [0.25, 0.3) is 0 Å². The number of nitrogens with one attached hydrogen (secondary N) is 2. The molecule has 2 rings (SSSR count). The predicted molar refractivity (Wildman–Crippen MR) is 122 cm³/mol. The second-order valence-corrected chi connectivity index (χ2v) is 6.45. The van der Waals surface area contributed by atoms with Gasteiger partial charge in [-0.05, 0) is 75.1 Å². The van der Waals surface area contributed by atoms with Crippen LogP contribution in [-0.2, 0) is 12.8 Å². The van der Waals surface area contributed by atoms with Crippen LogP contribution in [0.1, 0.15) is 40.9 Å². The number of phenolic OH excluding ortho intramolecular Hbond substituents is 2. The summed E-state index contributed by atoms with van der Waals surface area (Å²) < 4.78 is 23.3. The maximum Gasteiger partial charge on any atom is 0.157 e. The third kappa shape index (κ3) is 11.4. The Morgan fingerprint density at radius 3 is 1.86 bits per heavy atom. The molecule has 0 saturated heterocycles. The molecule has 2 aromatic rings. The summed E-state index contributed by atoms with van der Waals surface area (Å²) in [5.41, 5.74) is 1.65. The number of halogens is 2. The van der Waals surface area contributed by atoms with Gasteiger partial charge in [0.25, 0.3) is 0 Å². The van der Waals surface area contributed by atoms with Crippen LogP contribution < -0.4 is 10.6 Å². The number of hydrogen-bond donors (Lipinski definition) is 4. The lowest BCUT2D eigenvalue weighted by Gasteiger charge is -2.07. The van der Waals surface area contributed by atoms with Gasteiger partial charge in [0, 0.05) is 0 Å². The minimum Gasteiger partial charge on any atom is -0.504 e. The van der Waals surface area contributed by atoms with Gasteiger partial charge in [0.1, 0.15) is 0 Å². The molecular weight excluding hydrogens is 395 g/mol. The van der Waals surface area contributed by atoms with Crippen molar-refractivity contribution in [2.75, 3.05) is 26.2 Å². The zero-order chi connectivity index (χ0) is 21.1. The lowest BCUT2D eigenvalue weighted by Crippen LogP contribution is -2.19. The van der Waals surface area contributed by atoms with Crippen molar-refractivity contribution in [2.45, 2.75) is 38.5 Å². The molecule has 0 unspecified atom stereocenters. The zero-order valence-electron chi connectivity index (χ0n) is 19.2. The van der Waals surface area contributed by atoms with E-state index in [2.05, 4.69) is 34.9 Å². The quantitative estimate of drug-likeness (QED) is 0.279. The predicted octanol–water partition coefficient (Wildman–Crippen LogP) is 4.47. The van der Waals surface area contributed by atoms with E-state index in [0.29, 0.717) is 18.5 Å². The molecule has 0 spiro atoms. The number of benzene rings is 2. The van der Waals surface area contributed by atoms with Crippen molar-refractivity contribution in [1.29, 1.82) is 0 Å². The van der Waals surface area contributed by atoms with Gasteiger partial charge in [0.2, 0.25) is 0 Å². The van der Waals surface area contributed by atoms with Crippen molar-refractivity contribution in [2.24, 2.45) is 0 Å². The largest absolute Gasteiger partial charge is 0.504 e. The van der Waals surface area contributed by atoms with E-state index in [1.165, 1.54) is 12.0 Å². The summed E-state index contributed by atoms with van der Waals surface area (Å²) in [6.45, 7) is 3.48. The van der Waals surface area contributed by atoms with E-state index in [4.69, 9.17) is 4.11 Å². The fourth-order valence-electron chi connectivity index (χ4n) is 2.75. The second kappa shape index (κ2) is 16.5. The topological polar surface area (TPSA) is 64.5 Å². The molecule has 0 aliphatic heterocycles. The normalized spacial score (nSPS) is 11.6. The van der Waals surface area contributed by atoms with Gasteiger partial charge >= 0.3 is 0 Å². The Balaban J connectivity index is 0.00000450. The van der Waals surface area contributed by atoms with Crippen molar-refractivity contribution in [3.8, 4) is 11.5 Å². The fourth-order valence-corrected chi connectivity index (χ4v) is 2.75. The molecule has 4 N–H and O–H groups in total. The monoisotopic (exact) mass is 431 g/mol. The first-order valence-electron chi connectivity index (χ1n) is 11.0. The number of hydrogen-bond acceptors (Lipinski definition) is 4. The molecule has 0 saturated carbocycles. The summed E-state index contributed by atoms with van der Waals surface area (Å²) in [6.07, 6.45) is 6.00. The highest BCUT2D eigenvalue weighted by molar-refractivity contribution is 5.85. The van der Waals surface area contributed by atoms with E-state index >= 15 is 0 Å². The average molecular weight is 432 g/mol. The molecular formula is C22H34Cl2N2O2. The molecule has 0 atom stereocenters. The van der Waals surface area contributed by atoms with Crippen molar-refractivity contribution in [1.82, 2.24) is 10.6 Å². The van der Waals surface area contributed by atoms with Gasteiger partial charge in [-0.25, -0.2) is 0 Å². The van der Waals surface area contributed by atoms with Gasteiger partial charge in [-0.2, -0.15) is 0 Å². The molecule has 0 bridgehead atoms. The van der Waals surface area contributed by atoms with E-state index < -0.39 is 17.5 Å². The molecule has 4 nitrogen and oxygen atoms in total. The smallest absolute Gasteiger partial charge is 0.157 e. The summed E-state index contributed by atoms with van der Waals surface area (Å²) >= 11 is 0. The van der Waals surface area contributed by atoms with Crippen LogP contribution in [0.5, 0.6) is 11.5 Å². The zero-order valence-corrected chi connectivity index (χ0v) is 17.8. The number of rotatable bonds is 13. The molecule has 0 fully saturated rings. The molecule has 0 radical (unpaired) electrons. The summed E-state index contributed by atoms with van der Waals surface area (Å²) in [4.78, 5) is 0. The minimum absolute atomic E-state index is 0. The fraction of sp³-hybridized carbons (Fsp3) is 0.455. The van der Waals surface area contributed by atoms with E-state index in [0.717, 1.165) is 45.3 Å². The highest BCUT2D eigenvalue weighted by atomic mass is 35.5. The first kappa shape index (κ1) is 21.3. The van der Waals surface area contributed by atoms with Gasteiger partial charge in [-0.3, -0.25) is 0 Å². The SMILES string of the molecule is Cl.Cl.[2H]c1c([2H])c(CCNCCCCCCNCCc2ccccc2)c([2H])c(O)c1O. The molecule has 28 heavy (non-hydrogen) atoms.